The SMILES string of the molecule is COc1ccc(OCCN/C=C(/C#N)C(=O)Nc2cccc(Cl)c2Cl)cc1. The summed E-state index contributed by atoms with van der Waals surface area (Å²) in [5, 5.41) is 15.1. The number of nitrogens with one attached hydrogen (secondary N) is 2. The molecule has 0 aliphatic rings. The maximum absolute atomic E-state index is 12.2. The summed E-state index contributed by atoms with van der Waals surface area (Å²) in [7, 11) is 1.59. The first-order valence-corrected chi connectivity index (χ1v) is 8.66. The van der Waals surface area contributed by atoms with Gasteiger partial charge in [-0.15, -0.1) is 0 Å². The third-order valence-corrected chi connectivity index (χ3v) is 4.20. The molecule has 0 heterocycles. The van der Waals surface area contributed by atoms with Crippen molar-refractivity contribution in [3.63, 3.8) is 0 Å². The Morgan fingerprint density at radius 2 is 1.89 bits per heavy atom. The van der Waals surface area contributed by atoms with Gasteiger partial charge in [0.1, 0.15) is 29.7 Å². The van der Waals surface area contributed by atoms with Crippen LogP contribution < -0.4 is 20.1 Å². The van der Waals surface area contributed by atoms with Gasteiger partial charge >= 0.3 is 0 Å². The standard InChI is InChI=1S/C19H17Cl2N3O3/c1-26-14-5-7-15(8-6-14)27-10-9-23-12-13(11-22)19(25)24-17-4-2-3-16(20)18(17)21/h2-8,12,23H,9-10H2,1H3,(H,24,25)/b13-12-. The Hall–Kier alpha value is -2.88. The van der Waals surface area contributed by atoms with Crippen LogP contribution in [0.1, 0.15) is 0 Å². The number of hydrogen-bond donors (Lipinski definition) is 2. The van der Waals surface area contributed by atoms with Crippen molar-refractivity contribution in [2.24, 2.45) is 0 Å². The van der Waals surface area contributed by atoms with Crippen LogP contribution in [0.5, 0.6) is 11.5 Å². The van der Waals surface area contributed by atoms with Gasteiger partial charge in [-0.25, -0.2) is 0 Å². The van der Waals surface area contributed by atoms with Gasteiger partial charge in [0.25, 0.3) is 5.91 Å². The molecule has 8 heteroatoms. The van der Waals surface area contributed by atoms with E-state index in [1.54, 1.807) is 49.6 Å². The van der Waals surface area contributed by atoms with Gasteiger partial charge in [0.15, 0.2) is 0 Å². The molecule has 0 unspecified atom stereocenters. The number of amides is 1. The van der Waals surface area contributed by atoms with E-state index in [-0.39, 0.29) is 10.6 Å². The molecular formula is C19H17Cl2N3O3. The fourth-order valence-electron chi connectivity index (χ4n) is 2.01. The molecule has 0 saturated heterocycles. The predicted molar refractivity (Wildman–Crippen MR) is 105 cm³/mol. The number of benzene rings is 2. The number of carbonyl (C=O) groups is 1. The van der Waals surface area contributed by atoms with Gasteiger partial charge in [0, 0.05) is 12.7 Å². The highest BCUT2D eigenvalue weighted by molar-refractivity contribution is 6.44. The molecule has 0 fully saturated rings. The largest absolute Gasteiger partial charge is 0.497 e. The van der Waals surface area contributed by atoms with Gasteiger partial charge in [-0.3, -0.25) is 4.79 Å². The van der Waals surface area contributed by atoms with E-state index in [0.717, 1.165) is 5.75 Å². The second-order valence-electron chi connectivity index (χ2n) is 5.20. The zero-order valence-corrected chi connectivity index (χ0v) is 16.0. The summed E-state index contributed by atoms with van der Waals surface area (Å²) in [6.07, 6.45) is 1.32. The second kappa shape index (κ2) is 10.3. The van der Waals surface area contributed by atoms with Gasteiger partial charge in [0.2, 0.25) is 0 Å². The fourth-order valence-corrected chi connectivity index (χ4v) is 2.36. The highest BCUT2D eigenvalue weighted by atomic mass is 35.5. The summed E-state index contributed by atoms with van der Waals surface area (Å²) < 4.78 is 10.6. The first-order chi connectivity index (χ1) is 13.0. The van der Waals surface area contributed by atoms with Gasteiger partial charge in [-0.05, 0) is 36.4 Å². The molecule has 140 valence electrons. The average molecular weight is 406 g/mol. The average Bonchev–Trinajstić information content (AvgIpc) is 2.68. The lowest BCUT2D eigenvalue weighted by atomic mass is 10.2. The molecule has 2 N–H and O–H groups in total. The van der Waals surface area contributed by atoms with E-state index in [0.29, 0.717) is 29.6 Å². The summed E-state index contributed by atoms with van der Waals surface area (Å²) in [6.45, 7) is 0.756. The first-order valence-electron chi connectivity index (χ1n) is 7.91. The van der Waals surface area contributed by atoms with E-state index in [1.807, 2.05) is 6.07 Å². The number of carbonyl (C=O) groups excluding carboxylic acids is 1. The van der Waals surface area contributed by atoms with E-state index in [1.165, 1.54) is 6.20 Å². The Bertz CT molecular complexity index is 861. The zero-order chi connectivity index (χ0) is 19.6. The maximum Gasteiger partial charge on any atom is 0.267 e. The van der Waals surface area contributed by atoms with Crippen LogP contribution in [0.3, 0.4) is 0 Å². The monoisotopic (exact) mass is 405 g/mol. The van der Waals surface area contributed by atoms with Crippen molar-refractivity contribution < 1.29 is 14.3 Å². The summed E-state index contributed by atoms with van der Waals surface area (Å²) >= 11 is 11.9. The van der Waals surface area contributed by atoms with Crippen molar-refractivity contribution in [2.75, 3.05) is 25.6 Å². The lowest BCUT2D eigenvalue weighted by molar-refractivity contribution is -0.112. The van der Waals surface area contributed by atoms with Crippen LogP contribution in [-0.4, -0.2) is 26.2 Å². The van der Waals surface area contributed by atoms with Gasteiger partial charge in [-0.2, -0.15) is 5.26 Å². The number of halogens is 2. The van der Waals surface area contributed by atoms with Crippen LogP contribution in [-0.2, 0) is 4.79 Å². The van der Waals surface area contributed by atoms with Crippen LogP contribution in [0.2, 0.25) is 10.0 Å². The Kier molecular flexibility index (Phi) is 7.80. The summed E-state index contributed by atoms with van der Waals surface area (Å²) in [4.78, 5) is 12.2. The number of nitrogens with zero attached hydrogens (tertiary/aromatic N) is 1. The molecule has 0 spiro atoms. The number of hydrogen-bond acceptors (Lipinski definition) is 5. The van der Waals surface area contributed by atoms with Crippen molar-refractivity contribution in [3.8, 4) is 17.6 Å². The molecule has 0 saturated carbocycles. The molecule has 1 amide bonds. The minimum absolute atomic E-state index is 0.101. The van der Waals surface area contributed by atoms with Crippen molar-refractivity contribution in [1.82, 2.24) is 5.32 Å². The minimum Gasteiger partial charge on any atom is -0.497 e. The van der Waals surface area contributed by atoms with E-state index in [9.17, 15) is 4.79 Å². The molecule has 0 aliphatic carbocycles. The molecule has 27 heavy (non-hydrogen) atoms. The third-order valence-electron chi connectivity index (χ3n) is 3.39. The summed E-state index contributed by atoms with van der Waals surface area (Å²) in [5.41, 5.74) is 0.230. The summed E-state index contributed by atoms with van der Waals surface area (Å²) in [6, 6.07) is 13.8. The zero-order valence-electron chi connectivity index (χ0n) is 14.5. The predicted octanol–water partition coefficient (Wildman–Crippen LogP) is 4.02. The Morgan fingerprint density at radius 1 is 1.19 bits per heavy atom. The molecule has 0 bridgehead atoms. The van der Waals surface area contributed by atoms with Crippen LogP contribution in [0.25, 0.3) is 0 Å². The topological polar surface area (TPSA) is 83.4 Å². The smallest absolute Gasteiger partial charge is 0.267 e. The number of rotatable bonds is 8. The van der Waals surface area contributed by atoms with E-state index in [4.69, 9.17) is 37.9 Å². The Morgan fingerprint density at radius 3 is 2.56 bits per heavy atom. The van der Waals surface area contributed by atoms with Gasteiger partial charge < -0.3 is 20.1 Å². The molecule has 0 aliphatic heterocycles. The fraction of sp³-hybridized carbons (Fsp3) is 0.158. The molecular weight excluding hydrogens is 389 g/mol. The highest BCUT2D eigenvalue weighted by Crippen LogP contribution is 2.29. The lowest BCUT2D eigenvalue weighted by Gasteiger charge is -2.09. The number of ether oxygens (including phenoxy) is 2. The Labute approximate surface area is 167 Å². The van der Waals surface area contributed by atoms with E-state index >= 15 is 0 Å². The molecule has 0 radical (unpaired) electrons. The minimum atomic E-state index is -0.592. The Balaban J connectivity index is 1.83. The third kappa shape index (κ3) is 6.10. The van der Waals surface area contributed by atoms with Crippen molar-refractivity contribution in [3.05, 3.63) is 64.3 Å². The molecule has 6 nitrogen and oxygen atoms in total. The molecule has 2 aromatic carbocycles. The number of anilines is 1. The molecule has 0 atom stereocenters. The van der Waals surface area contributed by atoms with Crippen molar-refractivity contribution >= 4 is 34.8 Å². The first kappa shape index (κ1) is 20.4. The van der Waals surface area contributed by atoms with Crippen molar-refractivity contribution in [2.45, 2.75) is 0 Å². The van der Waals surface area contributed by atoms with Gasteiger partial charge in [-0.1, -0.05) is 29.3 Å². The van der Waals surface area contributed by atoms with Crippen molar-refractivity contribution in [1.29, 1.82) is 5.26 Å². The van der Waals surface area contributed by atoms with E-state index < -0.39 is 5.91 Å². The van der Waals surface area contributed by atoms with Crippen LogP contribution in [0, 0.1) is 11.3 Å². The molecule has 2 rings (SSSR count). The summed E-state index contributed by atoms with van der Waals surface area (Å²) in [5.74, 6) is 0.841. The number of nitriles is 1. The van der Waals surface area contributed by atoms with E-state index in [2.05, 4.69) is 10.6 Å². The quantitative estimate of drug-likeness (QED) is 0.393. The maximum atomic E-state index is 12.2. The second-order valence-corrected chi connectivity index (χ2v) is 5.99. The normalized spacial score (nSPS) is 10.7. The lowest BCUT2D eigenvalue weighted by Crippen LogP contribution is -2.20. The van der Waals surface area contributed by atoms with Crippen LogP contribution in [0.15, 0.2) is 54.2 Å². The van der Waals surface area contributed by atoms with Crippen LogP contribution in [0.4, 0.5) is 5.69 Å². The van der Waals surface area contributed by atoms with Gasteiger partial charge in [0.05, 0.1) is 22.8 Å². The number of methoxy groups -OCH3 is 1. The highest BCUT2D eigenvalue weighted by Gasteiger charge is 2.12. The van der Waals surface area contributed by atoms with Crippen LogP contribution >= 0.6 is 23.2 Å². The molecule has 2 aromatic rings. The molecule has 0 aromatic heterocycles.